The summed E-state index contributed by atoms with van der Waals surface area (Å²) in [7, 11) is 1.01. The van der Waals surface area contributed by atoms with Crippen molar-refractivity contribution >= 4 is 12.6 Å². The molecule has 0 aromatic heterocycles. The zero-order valence-corrected chi connectivity index (χ0v) is 7.89. The van der Waals surface area contributed by atoms with E-state index in [4.69, 9.17) is 19.5 Å². The predicted molar refractivity (Wildman–Crippen MR) is 51.0 cm³/mol. The molecule has 14 heavy (non-hydrogen) atoms. The first-order valence-corrected chi connectivity index (χ1v) is 3.91. The van der Waals surface area contributed by atoms with Gasteiger partial charge in [0.05, 0.1) is 19.7 Å². The molecule has 0 unspecified atom stereocenters. The highest BCUT2D eigenvalue weighted by Gasteiger charge is 2.22. The lowest BCUT2D eigenvalue weighted by Gasteiger charge is -2.11. The van der Waals surface area contributed by atoms with Crippen LogP contribution >= 0.6 is 0 Å². The van der Waals surface area contributed by atoms with Gasteiger partial charge in [0, 0.05) is 12.1 Å². The first-order valence-electron chi connectivity index (χ1n) is 3.91. The summed E-state index contributed by atoms with van der Waals surface area (Å²) >= 11 is 0. The van der Waals surface area contributed by atoms with Crippen LogP contribution in [0.5, 0.6) is 17.2 Å². The average molecular weight is 198 g/mol. The van der Waals surface area contributed by atoms with E-state index in [9.17, 15) is 5.11 Å². The van der Waals surface area contributed by atoms with Crippen molar-refractivity contribution in [3.8, 4) is 17.2 Å². The van der Waals surface area contributed by atoms with Crippen molar-refractivity contribution < 1.29 is 24.6 Å². The lowest BCUT2D eigenvalue weighted by atomic mass is 9.78. The molecule has 0 amide bonds. The lowest BCUT2D eigenvalue weighted by Crippen LogP contribution is -2.31. The molecule has 0 radical (unpaired) electrons. The van der Waals surface area contributed by atoms with E-state index in [1.807, 2.05) is 0 Å². The molecule has 0 heterocycles. The van der Waals surface area contributed by atoms with Crippen molar-refractivity contribution in [2.24, 2.45) is 0 Å². The first kappa shape index (κ1) is 10.7. The minimum atomic E-state index is -1.78. The summed E-state index contributed by atoms with van der Waals surface area (Å²) in [5.41, 5.74) is -0.0756. The molecule has 0 saturated heterocycles. The van der Waals surface area contributed by atoms with Gasteiger partial charge in [-0.2, -0.15) is 0 Å². The Bertz CT molecular complexity index is 326. The zero-order chi connectivity index (χ0) is 10.7. The number of rotatable bonds is 3. The third-order valence-corrected chi connectivity index (χ3v) is 1.81. The van der Waals surface area contributed by atoms with Crippen LogP contribution in [0.25, 0.3) is 0 Å². The normalized spacial score (nSPS) is 9.71. The maximum Gasteiger partial charge on any atom is 0.496 e. The number of aromatic hydroxyl groups is 1. The van der Waals surface area contributed by atoms with Gasteiger partial charge in [-0.25, -0.2) is 0 Å². The monoisotopic (exact) mass is 198 g/mol. The lowest BCUT2D eigenvalue weighted by molar-refractivity contribution is 0.380. The zero-order valence-electron chi connectivity index (χ0n) is 7.89. The summed E-state index contributed by atoms with van der Waals surface area (Å²) in [5.74, 6) is 0.261. The Morgan fingerprint density at radius 3 is 2.21 bits per heavy atom. The fourth-order valence-corrected chi connectivity index (χ4v) is 1.13. The van der Waals surface area contributed by atoms with Gasteiger partial charge in [-0.1, -0.05) is 0 Å². The molecule has 0 fully saturated rings. The van der Waals surface area contributed by atoms with Gasteiger partial charge in [0.25, 0.3) is 0 Å². The molecule has 0 aliphatic heterocycles. The Hall–Kier alpha value is -1.40. The molecule has 1 aromatic carbocycles. The molecular weight excluding hydrogens is 187 g/mol. The van der Waals surface area contributed by atoms with Gasteiger partial charge in [-0.15, -0.1) is 0 Å². The third-order valence-electron chi connectivity index (χ3n) is 1.81. The summed E-state index contributed by atoms with van der Waals surface area (Å²) in [6, 6.07) is 2.73. The maximum atomic E-state index is 9.42. The first-order chi connectivity index (χ1) is 6.60. The van der Waals surface area contributed by atoms with E-state index in [1.165, 1.54) is 26.4 Å². The number of hydrogen-bond donors (Lipinski definition) is 3. The second-order valence-corrected chi connectivity index (χ2v) is 2.64. The van der Waals surface area contributed by atoms with Crippen LogP contribution < -0.4 is 14.9 Å². The van der Waals surface area contributed by atoms with E-state index in [2.05, 4.69) is 0 Å². The molecule has 5 nitrogen and oxygen atoms in total. The number of benzene rings is 1. The van der Waals surface area contributed by atoms with Crippen LogP contribution in [0.15, 0.2) is 12.1 Å². The quantitative estimate of drug-likeness (QED) is 0.548. The summed E-state index contributed by atoms with van der Waals surface area (Å²) in [6.07, 6.45) is 0. The topological polar surface area (TPSA) is 79.2 Å². The van der Waals surface area contributed by atoms with Gasteiger partial charge < -0.3 is 24.6 Å². The minimum Gasteiger partial charge on any atom is -0.508 e. The second-order valence-electron chi connectivity index (χ2n) is 2.64. The molecule has 0 aliphatic rings. The van der Waals surface area contributed by atoms with Gasteiger partial charge in [-0.05, 0) is 0 Å². The van der Waals surface area contributed by atoms with Crippen molar-refractivity contribution in [1.82, 2.24) is 0 Å². The molecule has 1 rings (SSSR count). The largest absolute Gasteiger partial charge is 0.508 e. The predicted octanol–water partition coefficient (Wildman–Crippen LogP) is -0.911. The van der Waals surface area contributed by atoms with Crippen LogP contribution in [-0.4, -0.2) is 36.5 Å². The molecular formula is C8H11BO5. The highest BCUT2D eigenvalue weighted by molar-refractivity contribution is 6.60. The van der Waals surface area contributed by atoms with Crippen LogP contribution in [0.4, 0.5) is 0 Å². The average Bonchev–Trinajstić information content (AvgIpc) is 2.15. The van der Waals surface area contributed by atoms with Gasteiger partial charge >= 0.3 is 7.12 Å². The standard InChI is InChI=1S/C8H11BO5/c1-13-5-3-6(10)8(9(11)12)7(4-5)14-2/h3-4,10-12H,1-2H3. The Labute approximate surface area is 81.7 Å². The molecule has 76 valence electrons. The molecule has 0 saturated carbocycles. The number of ether oxygens (including phenoxy) is 2. The Balaban J connectivity index is 3.27. The summed E-state index contributed by atoms with van der Waals surface area (Å²) < 4.78 is 9.74. The van der Waals surface area contributed by atoms with Crippen LogP contribution in [0.2, 0.25) is 0 Å². The number of methoxy groups -OCH3 is 2. The van der Waals surface area contributed by atoms with Gasteiger partial charge in [0.2, 0.25) is 0 Å². The van der Waals surface area contributed by atoms with Crippen LogP contribution in [0.3, 0.4) is 0 Å². The van der Waals surface area contributed by atoms with Gasteiger partial charge in [-0.3, -0.25) is 0 Å². The smallest absolute Gasteiger partial charge is 0.496 e. The molecule has 0 bridgehead atoms. The number of phenolic OH excluding ortho intramolecular Hbond substituents is 1. The van der Waals surface area contributed by atoms with Gasteiger partial charge in [0.15, 0.2) is 0 Å². The molecule has 3 N–H and O–H groups in total. The maximum absolute atomic E-state index is 9.42. The number of hydrogen-bond acceptors (Lipinski definition) is 5. The van der Waals surface area contributed by atoms with Crippen molar-refractivity contribution in [2.45, 2.75) is 0 Å². The molecule has 0 atom stereocenters. The van der Waals surface area contributed by atoms with E-state index in [-0.39, 0.29) is 17.0 Å². The molecule has 0 spiro atoms. The van der Waals surface area contributed by atoms with Gasteiger partial charge in [0.1, 0.15) is 17.2 Å². The summed E-state index contributed by atoms with van der Waals surface area (Å²) in [4.78, 5) is 0. The second kappa shape index (κ2) is 4.21. The summed E-state index contributed by atoms with van der Waals surface area (Å²) in [6.45, 7) is 0. The minimum absolute atomic E-state index is 0.0756. The van der Waals surface area contributed by atoms with E-state index in [0.717, 1.165) is 0 Å². The molecule has 6 heteroatoms. The highest BCUT2D eigenvalue weighted by Crippen LogP contribution is 2.24. The molecule has 0 aliphatic carbocycles. The fraction of sp³-hybridized carbons (Fsp3) is 0.250. The third kappa shape index (κ3) is 1.91. The van der Waals surface area contributed by atoms with Crippen molar-refractivity contribution in [1.29, 1.82) is 0 Å². The van der Waals surface area contributed by atoms with Crippen LogP contribution in [0.1, 0.15) is 0 Å². The Kier molecular flexibility index (Phi) is 3.21. The van der Waals surface area contributed by atoms with Crippen molar-refractivity contribution in [2.75, 3.05) is 14.2 Å². The van der Waals surface area contributed by atoms with Crippen LogP contribution in [0, 0.1) is 0 Å². The Morgan fingerprint density at radius 2 is 1.79 bits per heavy atom. The SMILES string of the molecule is COc1cc(O)c(B(O)O)c(OC)c1. The van der Waals surface area contributed by atoms with E-state index >= 15 is 0 Å². The molecule has 1 aromatic rings. The van der Waals surface area contributed by atoms with Crippen molar-refractivity contribution in [3.63, 3.8) is 0 Å². The van der Waals surface area contributed by atoms with Crippen molar-refractivity contribution in [3.05, 3.63) is 12.1 Å². The summed E-state index contributed by atoms with van der Waals surface area (Å²) in [5, 5.41) is 27.3. The van der Waals surface area contributed by atoms with E-state index in [0.29, 0.717) is 5.75 Å². The fourth-order valence-electron chi connectivity index (χ4n) is 1.13. The highest BCUT2D eigenvalue weighted by atomic mass is 16.5. The van der Waals surface area contributed by atoms with E-state index in [1.54, 1.807) is 0 Å². The van der Waals surface area contributed by atoms with Crippen LogP contribution in [-0.2, 0) is 0 Å². The van der Waals surface area contributed by atoms with E-state index < -0.39 is 7.12 Å². The number of phenols is 1. The Morgan fingerprint density at radius 1 is 1.14 bits per heavy atom.